The summed E-state index contributed by atoms with van der Waals surface area (Å²) < 4.78 is 5.55. The van der Waals surface area contributed by atoms with Crippen LogP contribution < -0.4 is 10.1 Å². The number of hydrogen-bond acceptors (Lipinski definition) is 6. The van der Waals surface area contributed by atoms with Crippen LogP contribution in [0.4, 0.5) is 5.82 Å². The molecule has 0 aliphatic carbocycles. The van der Waals surface area contributed by atoms with Crippen molar-refractivity contribution in [2.75, 3.05) is 11.9 Å². The minimum absolute atomic E-state index is 0.0357. The standard InChI is InChI=1S/C22H27N3O3S/c1-6-12(3)19(22(26)27)25-20-18-17(13(4)29-21(18)24-14(5)23-20)15-8-10-16(11-9-15)28-7-2/h8-12,19H,6-7H2,1-5H3,(H,26,27)(H,23,24,25). The van der Waals surface area contributed by atoms with Crippen LogP contribution in [0.15, 0.2) is 24.3 Å². The highest BCUT2D eigenvalue weighted by molar-refractivity contribution is 7.19. The fraction of sp³-hybridized carbons (Fsp3) is 0.409. The first kappa shape index (κ1) is 21.0. The zero-order valence-electron chi connectivity index (χ0n) is 17.4. The molecule has 29 heavy (non-hydrogen) atoms. The number of rotatable bonds is 8. The van der Waals surface area contributed by atoms with Crippen LogP contribution in [0.25, 0.3) is 21.3 Å². The van der Waals surface area contributed by atoms with Crippen molar-refractivity contribution in [2.45, 2.75) is 47.1 Å². The Kier molecular flexibility index (Phi) is 6.37. The van der Waals surface area contributed by atoms with Crippen LogP contribution in [0.5, 0.6) is 5.75 Å². The number of hydrogen-bond donors (Lipinski definition) is 2. The Morgan fingerprint density at radius 2 is 1.90 bits per heavy atom. The maximum atomic E-state index is 11.9. The first-order chi connectivity index (χ1) is 13.8. The van der Waals surface area contributed by atoms with Crippen LogP contribution in [0.3, 0.4) is 0 Å². The van der Waals surface area contributed by atoms with Gasteiger partial charge in [0.25, 0.3) is 0 Å². The molecule has 2 unspecified atom stereocenters. The van der Waals surface area contributed by atoms with Crippen molar-refractivity contribution in [3.8, 4) is 16.9 Å². The third-order valence-electron chi connectivity index (χ3n) is 5.06. The molecule has 0 aliphatic rings. The second-order valence-corrected chi connectivity index (χ2v) is 8.34. The smallest absolute Gasteiger partial charge is 0.326 e. The zero-order chi connectivity index (χ0) is 21.1. The SMILES string of the molecule is CCOc1ccc(-c2c(C)sc3nc(C)nc(NC(C(=O)O)C(C)CC)c23)cc1. The number of nitrogens with one attached hydrogen (secondary N) is 1. The predicted molar refractivity (Wildman–Crippen MR) is 118 cm³/mol. The monoisotopic (exact) mass is 413 g/mol. The van der Waals surface area contributed by atoms with Gasteiger partial charge in [-0.2, -0.15) is 0 Å². The fourth-order valence-electron chi connectivity index (χ4n) is 3.39. The highest BCUT2D eigenvalue weighted by Crippen LogP contribution is 2.41. The second kappa shape index (κ2) is 8.78. The molecule has 6 nitrogen and oxygen atoms in total. The van der Waals surface area contributed by atoms with Gasteiger partial charge in [-0.3, -0.25) is 0 Å². The molecule has 0 saturated heterocycles. The van der Waals surface area contributed by atoms with E-state index in [2.05, 4.69) is 22.2 Å². The molecule has 7 heteroatoms. The minimum atomic E-state index is -0.877. The first-order valence-corrected chi connectivity index (χ1v) is 10.7. The lowest BCUT2D eigenvalue weighted by atomic mass is 9.98. The molecule has 2 heterocycles. The van der Waals surface area contributed by atoms with Gasteiger partial charge in [-0.15, -0.1) is 11.3 Å². The summed E-state index contributed by atoms with van der Waals surface area (Å²) in [6.45, 7) is 10.4. The highest BCUT2D eigenvalue weighted by Gasteiger charge is 2.26. The molecule has 0 saturated carbocycles. The number of aliphatic carboxylic acids is 1. The third-order valence-corrected chi connectivity index (χ3v) is 6.06. The molecular weight excluding hydrogens is 386 g/mol. The average molecular weight is 414 g/mol. The topological polar surface area (TPSA) is 84.3 Å². The van der Waals surface area contributed by atoms with E-state index in [0.29, 0.717) is 18.2 Å². The van der Waals surface area contributed by atoms with E-state index in [9.17, 15) is 9.90 Å². The van der Waals surface area contributed by atoms with E-state index in [0.717, 1.165) is 38.4 Å². The Bertz CT molecular complexity index is 1010. The highest BCUT2D eigenvalue weighted by atomic mass is 32.1. The van der Waals surface area contributed by atoms with E-state index in [1.807, 2.05) is 52.0 Å². The molecule has 0 spiro atoms. The zero-order valence-corrected chi connectivity index (χ0v) is 18.3. The molecule has 0 radical (unpaired) electrons. The van der Waals surface area contributed by atoms with Crippen LogP contribution in [0, 0.1) is 19.8 Å². The molecule has 3 rings (SSSR count). The van der Waals surface area contributed by atoms with E-state index >= 15 is 0 Å². The molecule has 2 atom stereocenters. The van der Waals surface area contributed by atoms with Crippen LogP contribution >= 0.6 is 11.3 Å². The van der Waals surface area contributed by atoms with E-state index in [1.54, 1.807) is 11.3 Å². The molecule has 0 aliphatic heterocycles. The number of benzene rings is 1. The number of thiophene rings is 1. The van der Waals surface area contributed by atoms with Gasteiger partial charge in [0.05, 0.1) is 12.0 Å². The number of ether oxygens (including phenoxy) is 1. The maximum Gasteiger partial charge on any atom is 0.326 e. The van der Waals surface area contributed by atoms with Crippen LogP contribution in [0.2, 0.25) is 0 Å². The van der Waals surface area contributed by atoms with Crippen molar-refractivity contribution >= 4 is 33.3 Å². The van der Waals surface area contributed by atoms with Crippen molar-refractivity contribution in [2.24, 2.45) is 5.92 Å². The Labute approximate surface area is 175 Å². The van der Waals surface area contributed by atoms with Gasteiger partial charge in [-0.05, 0) is 44.4 Å². The van der Waals surface area contributed by atoms with E-state index in [1.165, 1.54) is 0 Å². The second-order valence-electron chi connectivity index (χ2n) is 7.14. The predicted octanol–water partition coefficient (Wildman–Crippen LogP) is 5.29. The number of aryl methyl sites for hydroxylation is 2. The summed E-state index contributed by atoms with van der Waals surface area (Å²) in [5.41, 5.74) is 2.06. The van der Waals surface area contributed by atoms with Gasteiger partial charge in [0.15, 0.2) is 0 Å². The van der Waals surface area contributed by atoms with Crippen molar-refractivity contribution in [1.29, 1.82) is 0 Å². The number of carbonyl (C=O) groups is 1. The van der Waals surface area contributed by atoms with Gasteiger partial charge in [-0.25, -0.2) is 14.8 Å². The summed E-state index contributed by atoms with van der Waals surface area (Å²) in [6, 6.07) is 7.22. The van der Waals surface area contributed by atoms with Crippen molar-refractivity contribution < 1.29 is 14.6 Å². The number of anilines is 1. The normalized spacial score (nSPS) is 13.3. The summed E-state index contributed by atoms with van der Waals surface area (Å²) in [5, 5.41) is 13.8. The van der Waals surface area contributed by atoms with Crippen LogP contribution in [-0.2, 0) is 4.79 Å². The van der Waals surface area contributed by atoms with Crippen molar-refractivity contribution in [3.05, 3.63) is 35.0 Å². The van der Waals surface area contributed by atoms with Gasteiger partial charge in [0, 0.05) is 10.4 Å². The molecule has 2 aromatic heterocycles. The number of nitrogens with zero attached hydrogens (tertiary/aromatic N) is 2. The molecule has 2 N–H and O–H groups in total. The largest absolute Gasteiger partial charge is 0.494 e. The number of carboxylic acid groups (broad SMARTS) is 1. The van der Waals surface area contributed by atoms with E-state index in [4.69, 9.17) is 4.74 Å². The molecular formula is C22H27N3O3S. The summed E-state index contributed by atoms with van der Waals surface area (Å²) in [7, 11) is 0. The van der Waals surface area contributed by atoms with Crippen molar-refractivity contribution in [1.82, 2.24) is 9.97 Å². The molecule has 1 aromatic carbocycles. The number of aromatic nitrogens is 2. The molecule has 3 aromatic rings. The maximum absolute atomic E-state index is 11.9. The van der Waals surface area contributed by atoms with E-state index < -0.39 is 12.0 Å². The number of carboxylic acids is 1. The lowest BCUT2D eigenvalue weighted by molar-refractivity contribution is -0.139. The fourth-order valence-corrected chi connectivity index (χ4v) is 4.48. The summed E-state index contributed by atoms with van der Waals surface area (Å²) in [6.07, 6.45) is 0.756. The summed E-state index contributed by atoms with van der Waals surface area (Å²) in [5.74, 6) is 1.10. The van der Waals surface area contributed by atoms with Gasteiger partial charge in [0.1, 0.15) is 28.3 Å². The molecule has 154 valence electrons. The molecule has 0 amide bonds. The number of fused-ring (bicyclic) bond motifs is 1. The van der Waals surface area contributed by atoms with Crippen molar-refractivity contribution in [3.63, 3.8) is 0 Å². The Balaban J connectivity index is 2.14. The quantitative estimate of drug-likeness (QED) is 0.522. The summed E-state index contributed by atoms with van der Waals surface area (Å²) >= 11 is 1.60. The lowest BCUT2D eigenvalue weighted by Crippen LogP contribution is -2.35. The molecule has 0 fully saturated rings. The Morgan fingerprint density at radius 3 is 2.48 bits per heavy atom. The lowest BCUT2D eigenvalue weighted by Gasteiger charge is -2.21. The van der Waals surface area contributed by atoms with Gasteiger partial charge < -0.3 is 15.2 Å². The first-order valence-electron chi connectivity index (χ1n) is 9.86. The van der Waals surface area contributed by atoms with Gasteiger partial charge in [-0.1, -0.05) is 32.4 Å². The Hall–Kier alpha value is -2.67. The molecule has 0 bridgehead atoms. The van der Waals surface area contributed by atoms with E-state index in [-0.39, 0.29) is 5.92 Å². The van der Waals surface area contributed by atoms with Crippen LogP contribution in [-0.4, -0.2) is 33.7 Å². The van der Waals surface area contributed by atoms with Crippen LogP contribution in [0.1, 0.15) is 37.9 Å². The summed E-state index contributed by atoms with van der Waals surface area (Å²) in [4.78, 5) is 23.0. The minimum Gasteiger partial charge on any atom is -0.494 e. The third kappa shape index (κ3) is 4.34. The van der Waals surface area contributed by atoms with Gasteiger partial charge >= 0.3 is 5.97 Å². The average Bonchev–Trinajstić information content (AvgIpc) is 3.01. The Morgan fingerprint density at radius 1 is 1.21 bits per heavy atom. The van der Waals surface area contributed by atoms with Gasteiger partial charge in [0.2, 0.25) is 0 Å².